The van der Waals surface area contributed by atoms with Gasteiger partial charge < -0.3 is 15.5 Å². The fourth-order valence-electron chi connectivity index (χ4n) is 2.74. The molecule has 0 aromatic heterocycles. The van der Waals surface area contributed by atoms with Crippen molar-refractivity contribution in [2.75, 3.05) is 27.2 Å². The van der Waals surface area contributed by atoms with Gasteiger partial charge in [0.25, 0.3) is 0 Å². The molecule has 0 radical (unpaired) electrons. The molecule has 2 rings (SSSR count). The first-order chi connectivity index (χ1) is 9.58. The predicted molar refractivity (Wildman–Crippen MR) is 81.3 cm³/mol. The van der Waals surface area contributed by atoms with Gasteiger partial charge in [-0.05, 0) is 32.5 Å². The van der Waals surface area contributed by atoms with Crippen LogP contribution in [0.5, 0.6) is 0 Å². The normalized spacial score (nSPS) is 21.0. The molecule has 1 aliphatic rings. The highest BCUT2D eigenvalue weighted by atomic mass is 16.2. The van der Waals surface area contributed by atoms with Crippen molar-refractivity contribution in [3.05, 3.63) is 35.9 Å². The third-order valence-corrected chi connectivity index (χ3v) is 4.10. The van der Waals surface area contributed by atoms with Crippen LogP contribution in [0.1, 0.15) is 30.9 Å². The number of hydrogen-bond acceptors (Lipinski definition) is 3. The minimum Gasteiger partial charge on any atom is -0.341 e. The number of rotatable bonds is 4. The molecule has 0 aliphatic carbocycles. The van der Waals surface area contributed by atoms with E-state index in [0.29, 0.717) is 12.5 Å². The van der Waals surface area contributed by atoms with Crippen LogP contribution in [0.25, 0.3) is 0 Å². The van der Waals surface area contributed by atoms with Crippen LogP contribution in [0.2, 0.25) is 0 Å². The summed E-state index contributed by atoms with van der Waals surface area (Å²) < 4.78 is 0. The highest BCUT2D eigenvalue weighted by molar-refractivity contribution is 5.77. The van der Waals surface area contributed by atoms with Gasteiger partial charge in [0, 0.05) is 31.6 Å². The van der Waals surface area contributed by atoms with E-state index in [1.807, 2.05) is 35.2 Å². The zero-order valence-electron chi connectivity index (χ0n) is 12.5. The third-order valence-electron chi connectivity index (χ3n) is 4.10. The minimum absolute atomic E-state index is 0.174. The molecule has 0 unspecified atom stereocenters. The van der Waals surface area contributed by atoms with Crippen molar-refractivity contribution in [1.29, 1.82) is 0 Å². The van der Waals surface area contributed by atoms with Gasteiger partial charge in [-0.25, -0.2) is 0 Å². The molecule has 20 heavy (non-hydrogen) atoms. The number of amides is 1. The summed E-state index contributed by atoms with van der Waals surface area (Å²) in [4.78, 5) is 16.6. The average Bonchev–Trinajstić information content (AvgIpc) is 2.48. The summed E-state index contributed by atoms with van der Waals surface area (Å²) in [6.07, 6.45) is 2.64. The molecule has 0 bridgehead atoms. The third kappa shape index (κ3) is 3.81. The van der Waals surface area contributed by atoms with Gasteiger partial charge in [0.2, 0.25) is 5.91 Å². The topological polar surface area (TPSA) is 49.6 Å². The van der Waals surface area contributed by atoms with E-state index in [0.717, 1.165) is 25.1 Å². The van der Waals surface area contributed by atoms with Crippen LogP contribution < -0.4 is 5.73 Å². The molecule has 1 aromatic rings. The number of hydrogen-bond donors (Lipinski definition) is 1. The first kappa shape index (κ1) is 15.0. The van der Waals surface area contributed by atoms with Crippen LogP contribution in [0, 0.1) is 0 Å². The molecular formula is C16H25N3O. The van der Waals surface area contributed by atoms with Crippen molar-refractivity contribution in [1.82, 2.24) is 9.80 Å². The van der Waals surface area contributed by atoms with E-state index in [2.05, 4.69) is 19.0 Å². The first-order valence-electron chi connectivity index (χ1n) is 7.32. The second-order valence-electron chi connectivity index (χ2n) is 5.82. The SMILES string of the molecule is CN(C)[C@H]1CCCN(C(=O)C[C@H](N)c2ccccc2)C1. The molecule has 0 spiro atoms. The van der Waals surface area contributed by atoms with Gasteiger partial charge in [-0.2, -0.15) is 0 Å². The van der Waals surface area contributed by atoms with Gasteiger partial charge in [0.05, 0.1) is 0 Å². The van der Waals surface area contributed by atoms with Gasteiger partial charge in [-0.15, -0.1) is 0 Å². The van der Waals surface area contributed by atoms with Gasteiger partial charge in [0.15, 0.2) is 0 Å². The lowest BCUT2D eigenvalue weighted by atomic mass is 10.0. The van der Waals surface area contributed by atoms with Crippen LogP contribution in [0.15, 0.2) is 30.3 Å². The highest BCUT2D eigenvalue weighted by Crippen LogP contribution is 2.18. The summed E-state index contributed by atoms with van der Waals surface area (Å²) in [7, 11) is 4.16. The Labute approximate surface area is 121 Å². The smallest absolute Gasteiger partial charge is 0.224 e. The Bertz CT molecular complexity index is 433. The van der Waals surface area contributed by atoms with Crippen LogP contribution in [-0.4, -0.2) is 48.9 Å². The Balaban J connectivity index is 1.91. The molecule has 1 amide bonds. The fraction of sp³-hybridized carbons (Fsp3) is 0.562. The number of likely N-dealkylation sites (tertiary alicyclic amines) is 1. The summed E-state index contributed by atoms with van der Waals surface area (Å²) in [5.74, 6) is 0.174. The van der Waals surface area contributed by atoms with E-state index in [9.17, 15) is 4.79 Å². The number of likely N-dealkylation sites (N-methyl/N-ethyl adjacent to an activating group) is 1. The number of piperidine rings is 1. The molecule has 1 fully saturated rings. The molecule has 4 heteroatoms. The monoisotopic (exact) mass is 275 g/mol. The maximum atomic E-state index is 12.4. The largest absolute Gasteiger partial charge is 0.341 e. The molecule has 110 valence electrons. The fourth-order valence-corrected chi connectivity index (χ4v) is 2.74. The molecular weight excluding hydrogens is 250 g/mol. The Morgan fingerprint density at radius 2 is 2.10 bits per heavy atom. The molecule has 1 heterocycles. The van der Waals surface area contributed by atoms with Gasteiger partial charge >= 0.3 is 0 Å². The minimum atomic E-state index is -0.205. The zero-order valence-corrected chi connectivity index (χ0v) is 12.5. The quantitative estimate of drug-likeness (QED) is 0.908. The zero-order chi connectivity index (χ0) is 14.5. The van der Waals surface area contributed by atoms with Crippen molar-refractivity contribution < 1.29 is 4.79 Å². The molecule has 1 aromatic carbocycles. The molecule has 0 saturated carbocycles. The van der Waals surface area contributed by atoms with Gasteiger partial charge in [-0.3, -0.25) is 4.79 Å². The second-order valence-corrected chi connectivity index (χ2v) is 5.82. The van der Waals surface area contributed by atoms with Gasteiger partial charge in [-0.1, -0.05) is 30.3 Å². The van der Waals surface area contributed by atoms with E-state index in [4.69, 9.17) is 5.73 Å². The van der Waals surface area contributed by atoms with Crippen molar-refractivity contribution in [3.8, 4) is 0 Å². The number of nitrogens with zero attached hydrogens (tertiary/aromatic N) is 2. The van der Waals surface area contributed by atoms with E-state index in [1.54, 1.807) is 0 Å². The molecule has 1 saturated heterocycles. The van der Waals surface area contributed by atoms with E-state index in [-0.39, 0.29) is 11.9 Å². The van der Waals surface area contributed by atoms with E-state index < -0.39 is 0 Å². The lowest BCUT2D eigenvalue weighted by Crippen LogP contribution is -2.48. The first-order valence-corrected chi connectivity index (χ1v) is 7.32. The maximum absolute atomic E-state index is 12.4. The number of nitrogens with two attached hydrogens (primary N) is 1. The van der Waals surface area contributed by atoms with Crippen molar-refractivity contribution in [2.45, 2.75) is 31.3 Å². The van der Waals surface area contributed by atoms with E-state index >= 15 is 0 Å². The van der Waals surface area contributed by atoms with E-state index in [1.165, 1.54) is 6.42 Å². The lowest BCUT2D eigenvalue weighted by Gasteiger charge is -2.36. The summed E-state index contributed by atoms with van der Waals surface area (Å²) >= 11 is 0. The lowest BCUT2D eigenvalue weighted by molar-refractivity contribution is -0.133. The Morgan fingerprint density at radius 3 is 2.75 bits per heavy atom. The van der Waals surface area contributed by atoms with Crippen LogP contribution in [0.3, 0.4) is 0 Å². The molecule has 2 N–H and O–H groups in total. The van der Waals surface area contributed by atoms with Crippen molar-refractivity contribution in [2.24, 2.45) is 5.73 Å². The molecule has 4 nitrogen and oxygen atoms in total. The summed E-state index contributed by atoms with van der Waals surface area (Å²) in [6, 6.07) is 10.1. The summed E-state index contributed by atoms with van der Waals surface area (Å²) in [5.41, 5.74) is 7.17. The number of carbonyl (C=O) groups excluding carboxylic acids is 1. The van der Waals surface area contributed by atoms with Crippen LogP contribution in [-0.2, 0) is 4.79 Å². The molecule has 1 aliphatic heterocycles. The Morgan fingerprint density at radius 1 is 1.40 bits per heavy atom. The average molecular weight is 275 g/mol. The maximum Gasteiger partial charge on any atom is 0.224 e. The van der Waals surface area contributed by atoms with Crippen molar-refractivity contribution >= 4 is 5.91 Å². The molecule has 2 atom stereocenters. The van der Waals surface area contributed by atoms with Gasteiger partial charge in [0.1, 0.15) is 0 Å². The van der Waals surface area contributed by atoms with Crippen molar-refractivity contribution in [3.63, 3.8) is 0 Å². The standard InChI is InChI=1S/C16H25N3O/c1-18(2)14-9-6-10-19(12-14)16(20)11-15(17)13-7-4-3-5-8-13/h3-5,7-8,14-15H,6,9-12,17H2,1-2H3/t14-,15-/m0/s1. The Hall–Kier alpha value is -1.39. The van der Waals surface area contributed by atoms with Crippen LogP contribution in [0.4, 0.5) is 0 Å². The highest BCUT2D eigenvalue weighted by Gasteiger charge is 2.25. The van der Waals surface area contributed by atoms with Crippen LogP contribution >= 0.6 is 0 Å². The predicted octanol–water partition coefficient (Wildman–Crippen LogP) is 1.63. The summed E-state index contributed by atoms with van der Waals surface area (Å²) in [6.45, 7) is 1.69. The second kappa shape index (κ2) is 6.86. The number of benzene rings is 1. The number of carbonyl (C=O) groups is 1. The summed E-state index contributed by atoms with van der Waals surface area (Å²) in [5, 5.41) is 0. The Kier molecular flexibility index (Phi) is 5.15.